The number of amides is 1. The number of carbonyl (C=O) groups excluding carboxylic acids is 2. The molecule has 0 fully saturated rings. The third-order valence-electron chi connectivity index (χ3n) is 3.81. The maximum absolute atomic E-state index is 12.7. The Labute approximate surface area is 159 Å². The lowest BCUT2D eigenvalue weighted by Crippen LogP contribution is -2.16. The molecule has 0 heterocycles. The van der Waals surface area contributed by atoms with Gasteiger partial charge in [-0.2, -0.15) is 0 Å². The van der Waals surface area contributed by atoms with Gasteiger partial charge in [0.2, 0.25) is 0 Å². The summed E-state index contributed by atoms with van der Waals surface area (Å²) in [6, 6.07) is 11.9. The third kappa shape index (κ3) is 5.56. The van der Waals surface area contributed by atoms with Crippen LogP contribution in [0.5, 0.6) is 5.75 Å². The summed E-state index contributed by atoms with van der Waals surface area (Å²) in [7, 11) is 1.30. The van der Waals surface area contributed by atoms with Gasteiger partial charge in [-0.1, -0.05) is 19.1 Å². The average molecular weight is 371 g/mol. The van der Waals surface area contributed by atoms with Gasteiger partial charge in [-0.25, -0.2) is 4.79 Å². The van der Waals surface area contributed by atoms with Crippen LogP contribution in [-0.2, 0) is 16.1 Å². The maximum atomic E-state index is 12.7. The molecule has 2 rings (SSSR count). The van der Waals surface area contributed by atoms with E-state index in [1.165, 1.54) is 7.11 Å². The van der Waals surface area contributed by atoms with Crippen molar-refractivity contribution in [2.75, 3.05) is 25.6 Å². The Balaban J connectivity index is 2.23. The van der Waals surface area contributed by atoms with E-state index in [0.29, 0.717) is 42.4 Å². The molecule has 27 heavy (non-hydrogen) atoms. The average Bonchev–Trinajstić information content (AvgIpc) is 2.69. The van der Waals surface area contributed by atoms with E-state index in [4.69, 9.17) is 14.2 Å². The quantitative estimate of drug-likeness (QED) is 0.532. The van der Waals surface area contributed by atoms with E-state index in [1.807, 2.05) is 13.8 Å². The minimum atomic E-state index is -0.508. The Hall–Kier alpha value is -2.86. The van der Waals surface area contributed by atoms with Gasteiger partial charge in [0, 0.05) is 17.7 Å². The first-order valence-electron chi connectivity index (χ1n) is 8.92. The molecule has 0 atom stereocenters. The SMILES string of the molecule is CCCOCc1cc(C(=O)Nc2ccccc2C(=O)OC)ccc1OCC. The number of carbonyl (C=O) groups is 2. The fourth-order valence-electron chi connectivity index (χ4n) is 2.53. The molecule has 2 aromatic rings. The van der Waals surface area contributed by atoms with Gasteiger partial charge in [-0.15, -0.1) is 0 Å². The molecule has 6 nitrogen and oxygen atoms in total. The summed E-state index contributed by atoms with van der Waals surface area (Å²) in [5.41, 5.74) is 1.95. The topological polar surface area (TPSA) is 73.9 Å². The normalized spacial score (nSPS) is 10.3. The van der Waals surface area contributed by atoms with Crippen molar-refractivity contribution in [1.29, 1.82) is 0 Å². The fraction of sp³-hybridized carbons (Fsp3) is 0.333. The molecule has 0 saturated heterocycles. The highest BCUT2D eigenvalue weighted by atomic mass is 16.5. The highest BCUT2D eigenvalue weighted by Crippen LogP contribution is 2.23. The molecule has 0 unspecified atom stereocenters. The van der Waals surface area contributed by atoms with Gasteiger partial charge in [0.15, 0.2) is 0 Å². The molecule has 6 heteroatoms. The zero-order valence-corrected chi connectivity index (χ0v) is 15.9. The van der Waals surface area contributed by atoms with E-state index in [-0.39, 0.29) is 5.91 Å². The summed E-state index contributed by atoms with van der Waals surface area (Å²) in [6.07, 6.45) is 0.911. The lowest BCUT2D eigenvalue weighted by molar-refractivity contribution is 0.0602. The molecule has 0 saturated carbocycles. The molecule has 1 amide bonds. The second-order valence-electron chi connectivity index (χ2n) is 5.80. The van der Waals surface area contributed by atoms with Crippen molar-refractivity contribution < 1.29 is 23.8 Å². The Bertz CT molecular complexity index is 788. The van der Waals surface area contributed by atoms with Gasteiger partial charge in [-0.3, -0.25) is 4.79 Å². The number of methoxy groups -OCH3 is 1. The first-order valence-corrected chi connectivity index (χ1v) is 8.92. The lowest BCUT2D eigenvalue weighted by atomic mass is 10.1. The van der Waals surface area contributed by atoms with Crippen LogP contribution in [0, 0.1) is 0 Å². The number of ether oxygens (including phenoxy) is 3. The van der Waals surface area contributed by atoms with Crippen LogP contribution >= 0.6 is 0 Å². The summed E-state index contributed by atoms with van der Waals surface area (Å²) >= 11 is 0. The number of benzene rings is 2. The van der Waals surface area contributed by atoms with Crippen molar-refractivity contribution in [1.82, 2.24) is 0 Å². The zero-order valence-electron chi connectivity index (χ0n) is 15.9. The molecule has 0 aromatic heterocycles. The number of esters is 1. The Morgan fingerprint density at radius 2 is 1.85 bits per heavy atom. The van der Waals surface area contributed by atoms with Crippen molar-refractivity contribution >= 4 is 17.6 Å². The van der Waals surface area contributed by atoms with E-state index in [1.54, 1.807) is 42.5 Å². The lowest BCUT2D eigenvalue weighted by Gasteiger charge is -2.13. The van der Waals surface area contributed by atoms with Gasteiger partial charge in [0.25, 0.3) is 5.91 Å². The summed E-state index contributed by atoms with van der Waals surface area (Å²) in [5.74, 6) is -0.141. The second kappa shape index (κ2) is 10.3. The van der Waals surface area contributed by atoms with E-state index in [9.17, 15) is 9.59 Å². The maximum Gasteiger partial charge on any atom is 0.339 e. The number of rotatable bonds is 9. The highest BCUT2D eigenvalue weighted by molar-refractivity contribution is 6.08. The van der Waals surface area contributed by atoms with Gasteiger partial charge in [0.1, 0.15) is 5.75 Å². The van der Waals surface area contributed by atoms with E-state index < -0.39 is 5.97 Å². The van der Waals surface area contributed by atoms with Crippen LogP contribution in [0.3, 0.4) is 0 Å². The van der Waals surface area contributed by atoms with Gasteiger partial charge >= 0.3 is 5.97 Å². The Morgan fingerprint density at radius 1 is 1.07 bits per heavy atom. The smallest absolute Gasteiger partial charge is 0.339 e. The predicted octanol–water partition coefficient (Wildman–Crippen LogP) is 4.05. The molecule has 0 aliphatic heterocycles. The van der Waals surface area contributed by atoms with Crippen molar-refractivity contribution in [3.8, 4) is 5.75 Å². The molecule has 0 aliphatic rings. The van der Waals surface area contributed by atoms with Crippen LogP contribution in [0.25, 0.3) is 0 Å². The third-order valence-corrected chi connectivity index (χ3v) is 3.81. The first-order chi connectivity index (χ1) is 13.1. The van der Waals surface area contributed by atoms with Crippen LogP contribution in [-0.4, -0.2) is 32.2 Å². The van der Waals surface area contributed by atoms with Crippen LogP contribution in [0.4, 0.5) is 5.69 Å². The standard InChI is InChI=1S/C21H25NO5/c1-4-12-26-14-16-13-15(10-11-19(16)27-5-2)20(23)22-18-9-7-6-8-17(18)21(24)25-3/h6-11,13H,4-5,12,14H2,1-3H3,(H,22,23). The van der Waals surface area contributed by atoms with E-state index >= 15 is 0 Å². The van der Waals surface area contributed by atoms with Gasteiger partial charge < -0.3 is 19.5 Å². The van der Waals surface area contributed by atoms with E-state index in [0.717, 1.165) is 12.0 Å². The molecule has 0 aliphatic carbocycles. The van der Waals surface area contributed by atoms with Crippen molar-refractivity contribution in [2.24, 2.45) is 0 Å². The Kier molecular flexibility index (Phi) is 7.82. The van der Waals surface area contributed by atoms with Gasteiger partial charge in [-0.05, 0) is 43.7 Å². The Morgan fingerprint density at radius 3 is 2.56 bits per heavy atom. The number of anilines is 1. The van der Waals surface area contributed by atoms with Crippen molar-refractivity contribution in [2.45, 2.75) is 26.9 Å². The monoisotopic (exact) mass is 371 g/mol. The zero-order chi connectivity index (χ0) is 19.6. The number of para-hydroxylation sites is 1. The summed E-state index contributed by atoms with van der Waals surface area (Å²) in [6.45, 7) is 5.46. The molecule has 144 valence electrons. The van der Waals surface area contributed by atoms with Crippen LogP contribution in [0.15, 0.2) is 42.5 Å². The number of nitrogens with one attached hydrogen (secondary N) is 1. The molecule has 1 N–H and O–H groups in total. The first kappa shape index (κ1) is 20.5. The number of hydrogen-bond donors (Lipinski definition) is 1. The molecule has 0 bridgehead atoms. The number of hydrogen-bond acceptors (Lipinski definition) is 5. The predicted molar refractivity (Wildman–Crippen MR) is 103 cm³/mol. The van der Waals surface area contributed by atoms with Crippen LogP contribution in [0.2, 0.25) is 0 Å². The molecular formula is C21H25NO5. The second-order valence-corrected chi connectivity index (χ2v) is 5.80. The fourth-order valence-corrected chi connectivity index (χ4v) is 2.53. The largest absolute Gasteiger partial charge is 0.494 e. The van der Waals surface area contributed by atoms with Gasteiger partial charge in [0.05, 0.1) is 31.6 Å². The molecule has 0 radical (unpaired) electrons. The highest BCUT2D eigenvalue weighted by Gasteiger charge is 2.15. The summed E-state index contributed by atoms with van der Waals surface area (Å²) < 4.78 is 16.0. The molecule has 2 aromatic carbocycles. The summed E-state index contributed by atoms with van der Waals surface area (Å²) in [4.78, 5) is 24.5. The van der Waals surface area contributed by atoms with Crippen molar-refractivity contribution in [3.63, 3.8) is 0 Å². The minimum absolute atomic E-state index is 0.297. The van der Waals surface area contributed by atoms with Crippen LogP contribution in [0.1, 0.15) is 46.5 Å². The van der Waals surface area contributed by atoms with Crippen molar-refractivity contribution in [3.05, 3.63) is 59.2 Å². The van der Waals surface area contributed by atoms with E-state index in [2.05, 4.69) is 5.32 Å². The minimum Gasteiger partial charge on any atom is -0.494 e. The summed E-state index contributed by atoms with van der Waals surface area (Å²) in [5, 5.41) is 2.77. The molecular weight excluding hydrogens is 346 g/mol. The van der Waals surface area contributed by atoms with Crippen LogP contribution < -0.4 is 10.1 Å². The molecule has 0 spiro atoms.